The van der Waals surface area contributed by atoms with Crippen LogP contribution in [0.2, 0.25) is 0 Å². The van der Waals surface area contributed by atoms with Gasteiger partial charge in [-0.2, -0.15) is 4.98 Å². The molecule has 2 heterocycles. The van der Waals surface area contributed by atoms with Crippen LogP contribution in [0.25, 0.3) is 11.0 Å². The minimum Gasteiger partial charge on any atom is -0.340 e. The molecule has 0 saturated carbocycles. The Morgan fingerprint density at radius 1 is 1.25 bits per heavy atom. The van der Waals surface area contributed by atoms with Gasteiger partial charge >= 0.3 is 0 Å². The van der Waals surface area contributed by atoms with Crippen LogP contribution in [0.15, 0.2) is 22.7 Å². The zero-order chi connectivity index (χ0) is 14.1. The largest absolute Gasteiger partial charge is 0.340 e. The number of rotatable bonds is 4. The van der Waals surface area contributed by atoms with E-state index in [0.717, 1.165) is 23.4 Å². The lowest BCUT2D eigenvalue weighted by Gasteiger charge is -2.05. The Hall–Kier alpha value is -1.88. The number of hydrogen-bond donors (Lipinski definition) is 0. The van der Waals surface area contributed by atoms with Crippen LogP contribution in [-0.2, 0) is 18.8 Å². The zero-order valence-electron chi connectivity index (χ0n) is 11.4. The van der Waals surface area contributed by atoms with E-state index in [4.69, 9.17) is 16.1 Å². The monoisotopic (exact) mass is 290 g/mol. The fraction of sp³-hybridized carbons (Fsp3) is 0.357. The van der Waals surface area contributed by atoms with Crippen LogP contribution in [0.3, 0.4) is 0 Å². The van der Waals surface area contributed by atoms with Crippen LogP contribution in [0.1, 0.15) is 23.1 Å². The van der Waals surface area contributed by atoms with Gasteiger partial charge in [0.05, 0.1) is 16.9 Å². The van der Waals surface area contributed by atoms with Crippen LogP contribution in [0.5, 0.6) is 0 Å². The summed E-state index contributed by atoms with van der Waals surface area (Å²) in [5, 5.41) is 3.91. The Bertz CT molecular complexity index is 747. The fourth-order valence-electron chi connectivity index (χ4n) is 2.30. The van der Waals surface area contributed by atoms with Gasteiger partial charge in [0, 0.05) is 19.9 Å². The summed E-state index contributed by atoms with van der Waals surface area (Å²) in [5.41, 5.74) is 3.26. The third-order valence-electron chi connectivity index (χ3n) is 3.23. The zero-order valence-corrected chi connectivity index (χ0v) is 12.2. The van der Waals surface area contributed by atoms with Crippen LogP contribution < -0.4 is 0 Å². The number of aryl methyl sites for hydroxylation is 4. The first-order valence-electron chi connectivity index (χ1n) is 6.48. The van der Waals surface area contributed by atoms with Crippen molar-refractivity contribution in [3.05, 3.63) is 41.3 Å². The second-order valence-electron chi connectivity index (χ2n) is 4.79. The third-order valence-corrected chi connectivity index (χ3v) is 3.47. The topological polar surface area (TPSA) is 56.7 Å². The molecule has 2 aromatic heterocycles. The molecular weight excluding hydrogens is 276 g/mol. The number of aromatic nitrogens is 4. The highest BCUT2D eigenvalue weighted by atomic mass is 35.5. The molecule has 3 aromatic rings. The van der Waals surface area contributed by atoms with Crippen molar-refractivity contribution in [2.75, 3.05) is 0 Å². The van der Waals surface area contributed by atoms with Crippen molar-refractivity contribution in [2.24, 2.45) is 0 Å². The van der Waals surface area contributed by atoms with Gasteiger partial charge < -0.3 is 9.09 Å². The van der Waals surface area contributed by atoms with Crippen LogP contribution in [0, 0.1) is 13.8 Å². The maximum Gasteiger partial charge on any atom is 0.223 e. The molecule has 0 spiro atoms. The van der Waals surface area contributed by atoms with Gasteiger partial charge in [-0.25, -0.2) is 4.98 Å². The summed E-state index contributed by atoms with van der Waals surface area (Å²) >= 11 is 6.00. The SMILES string of the molecule is Cc1ccc2c(c1)nc(CCl)n2CCc1noc(C)n1. The molecule has 20 heavy (non-hydrogen) atoms. The van der Waals surface area contributed by atoms with Gasteiger partial charge in [0.2, 0.25) is 5.89 Å². The summed E-state index contributed by atoms with van der Waals surface area (Å²) in [6, 6.07) is 6.23. The van der Waals surface area contributed by atoms with Crippen molar-refractivity contribution in [3.8, 4) is 0 Å². The van der Waals surface area contributed by atoms with E-state index in [1.54, 1.807) is 6.92 Å². The lowest BCUT2D eigenvalue weighted by atomic mass is 10.2. The maximum atomic E-state index is 6.00. The average Bonchev–Trinajstić information content (AvgIpc) is 2.99. The molecule has 0 aliphatic carbocycles. The van der Waals surface area contributed by atoms with E-state index < -0.39 is 0 Å². The first kappa shape index (κ1) is 13.1. The first-order chi connectivity index (χ1) is 9.67. The molecule has 0 radical (unpaired) electrons. The second-order valence-corrected chi connectivity index (χ2v) is 5.05. The summed E-state index contributed by atoms with van der Waals surface area (Å²) in [6.45, 7) is 4.58. The van der Waals surface area contributed by atoms with Gasteiger partial charge in [-0.1, -0.05) is 11.2 Å². The molecule has 6 heteroatoms. The lowest BCUT2D eigenvalue weighted by molar-refractivity contribution is 0.386. The summed E-state index contributed by atoms with van der Waals surface area (Å²) in [4.78, 5) is 8.79. The lowest BCUT2D eigenvalue weighted by Crippen LogP contribution is -2.06. The van der Waals surface area contributed by atoms with Gasteiger partial charge in [0.15, 0.2) is 5.82 Å². The van der Waals surface area contributed by atoms with Crippen molar-refractivity contribution < 1.29 is 4.52 Å². The Morgan fingerprint density at radius 3 is 2.80 bits per heavy atom. The molecule has 0 bridgehead atoms. The molecule has 0 saturated heterocycles. The number of benzene rings is 1. The molecule has 1 aromatic carbocycles. The number of alkyl halides is 1. The minimum atomic E-state index is 0.388. The Labute approximate surface area is 121 Å². The second kappa shape index (κ2) is 5.25. The predicted molar refractivity (Wildman–Crippen MR) is 76.8 cm³/mol. The molecule has 0 fully saturated rings. The molecule has 0 N–H and O–H groups in total. The van der Waals surface area contributed by atoms with E-state index in [2.05, 4.69) is 44.8 Å². The highest BCUT2D eigenvalue weighted by molar-refractivity contribution is 6.16. The highest BCUT2D eigenvalue weighted by Crippen LogP contribution is 2.19. The standard InChI is InChI=1S/C14H15ClN4O/c1-9-3-4-12-11(7-9)17-14(8-15)19(12)6-5-13-16-10(2)20-18-13/h3-4,7H,5-6,8H2,1-2H3. The fourth-order valence-corrected chi connectivity index (χ4v) is 2.50. The third kappa shape index (κ3) is 2.41. The molecule has 0 atom stereocenters. The molecular formula is C14H15ClN4O. The Morgan fingerprint density at radius 2 is 2.10 bits per heavy atom. The van der Waals surface area contributed by atoms with Crippen molar-refractivity contribution in [3.63, 3.8) is 0 Å². The summed E-state index contributed by atoms with van der Waals surface area (Å²) in [6.07, 6.45) is 0.695. The number of imidazole rings is 1. The van der Waals surface area contributed by atoms with Crippen LogP contribution >= 0.6 is 11.6 Å². The van der Waals surface area contributed by atoms with Crippen molar-refractivity contribution in [2.45, 2.75) is 32.7 Å². The quantitative estimate of drug-likeness (QED) is 0.693. The van der Waals surface area contributed by atoms with E-state index in [9.17, 15) is 0 Å². The molecule has 5 nitrogen and oxygen atoms in total. The number of hydrogen-bond acceptors (Lipinski definition) is 4. The van der Waals surface area contributed by atoms with Gasteiger partial charge in [-0.3, -0.25) is 0 Å². The normalized spacial score (nSPS) is 11.3. The van der Waals surface area contributed by atoms with Crippen LogP contribution in [-0.4, -0.2) is 19.7 Å². The summed E-state index contributed by atoms with van der Waals surface area (Å²) < 4.78 is 7.10. The van der Waals surface area contributed by atoms with Gasteiger partial charge in [0.25, 0.3) is 0 Å². The van der Waals surface area contributed by atoms with Gasteiger partial charge in [-0.05, 0) is 24.6 Å². The molecule has 0 unspecified atom stereocenters. The minimum absolute atomic E-state index is 0.388. The molecule has 0 aliphatic heterocycles. The first-order valence-corrected chi connectivity index (χ1v) is 7.02. The number of halogens is 1. The summed E-state index contributed by atoms with van der Waals surface area (Å²) in [5.74, 6) is 2.55. The Balaban J connectivity index is 1.93. The van der Waals surface area contributed by atoms with Crippen molar-refractivity contribution >= 4 is 22.6 Å². The number of fused-ring (bicyclic) bond motifs is 1. The average molecular weight is 291 g/mol. The van der Waals surface area contributed by atoms with Gasteiger partial charge in [0.1, 0.15) is 5.82 Å². The predicted octanol–water partition coefficient (Wildman–Crippen LogP) is 3.02. The van der Waals surface area contributed by atoms with E-state index in [-0.39, 0.29) is 0 Å². The molecule has 104 valence electrons. The molecule has 0 aliphatic rings. The van der Waals surface area contributed by atoms with Crippen LogP contribution in [0.4, 0.5) is 0 Å². The van der Waals surface area contributed by atoms with Crippen molar-refractivity contribution in [1.82, 2.24) is 19.7 Å². The summed E-state index contributed by atoms with van der Waals surface area (Å²) in [7, 11) is 0. The van der Waals surface area contributed by atoms with E-state index in [1.807, 2.05) is 0 Å². The smallest absolute Gasteiger partial charge is 0.223 e. The number of nitrogens with zero attached hydrogens (tertiary/aromatic N) is 4. The maximum absolute atomic E-state index is 6.00. The Kier molecular flexibility index (Phi) is 3.44. The highest BCUT2D eigenvalue weighted by Gasteiger charge is 2.11. The van der Waals surface area contributed by atoms with E-state index in [0.29, 0.717) is 24.0 Å². The van der Waals surface area contributed by atoms with Crippen molar-refractivity contribution in [1.29, 1.82) is 0 Å². The molecule has 0 amide bonds. The van der Waals surface area contributed by atoms with Gasteiger partial charge in [-0.15, -0.1) is 11.6 Å². The molecule has 3 rings (SSSR count). The van der Waals surface area contributed by atoms with E-state index >= 15 is 0 Å². The van der Waals surface area contributed by atoms with E-state index in [1.165, 1.54) is 5.56 Å².